The fourth-order valence-corrected chi connectivity index (χ4v) is 1.26. The quantitative estimate of drug-likeness (QED) is 0.818. The van der Waals surface area contributed by atoms with Crippen LogP contribution in [0.2, 0.25) is 0 Å². The number of ether oxygens (including phenoxy) is 1. The van der Waals surface area contributed by atoms with Crippen molar-refractivity contribution in [1.82, 2.24) is 5.32 Å². The Hall–Kier alpha value is -1.23. The monoisotopic (exact) mass is 217 g/mol. The van der Waals surface area contributed by atoms with Gasteiger partial charge in [0.1, 0.15) is 11.9 Å². The molecule has 0 radical (unpaired) electrons. The third-order valence-electron chi connectivity index (χ3n) is 2.23. The van der Waals surface area contributed by atoms with E-state index >= 15 is 0 Å². The van der Waals surface area contributed by atoms with Crippen LogP contribution in [0.25, 0.3) is 0 Å². The third-order valence-corrected chi connectivity index (χ3v) is 2.23. The van der Waals surface area contributed by atoms with Gasteiger partial charge in [0.15, 0.2) is 0 Å². The van der Waals surface area contributed by atoms with Gasteiger partial charge in [0.2, 0.25) is 0 Å². The number of benzene rings is 1. The Balaban J connectivity index is 2.03. The van der Waals surface area contributed by atoms with Gasteiger partial charge in [-0.25, -0.2) is 0 Å². The van der Waals surface area contributed by atoms with Gasteiger partial charge in [0.05, 0.1) is 5.56 Å². The lowest BCUT2D eigenvalue weighted by molar-refractivity contribution is -0.137. The number of rotatable bonds is 2. The molecule has 1 aromatic carbocycles. The first kappa shape index (κ1) is 10.3. The Labute approximate surface area is 85.0 Å². The van der Waals surface area contributed by atoms with Crippen molar-refractivity contribution < 1.29 is 17.9 Å². The van der Waals surface area contributed by atoms with Crippen LogP contribution in [0.3, 0.4) is 0 Å². The first-order valence-electron chi connectivity index (χ1n) is 4.60. The molecule has 0 atom stereocenters. The van der Waals surface area contributed by atoms with E-state index in [1.54, 1.807) is 0 Å². The lowest BCUT2D eigenvalue weighted by atomic mass is 10.2. The zero-order chi connectivity index (χ0) is 10.9. The second-order valence-corrected chi connectivity index (χ2v) is 3.42. The van der Waals surface area contributed by atoms with Crippen molar-refractivity contribution in [3.05, 3.63) is 29.8 Å². The molecule has 0 amide bonds. The summed E-state index contributed by atoms with van der Waals surface area (Å²) in [4.78, 5) is 0. The van der Waals surface area contributed by atoms with Gasteiger partial charge < -0.3 is 10.1 Å². The maximum Gasteiger partial charge on any atom is 0.416 e. The molecule has 2 rings (SSSR count). The molecule has 0 unspecified atom stereocenters. The Morgan fingerprint density at radius 3 is 2.13 bits per heavy atom. The van der Waals surface area contributed by atoms with E-state index < -0.39 is 11.7 Å². The van der Waals surface area contributed by atoms with Crippen LogP contribution in [0.1, 0.15) is 5.56 Å². The molecule has 0 bridgehead atoms. The van der Waals surface area contributed by atoms with Gasteiger partial charge >= 0.3 is 6.18 Å². The summed E-state index contributed by atoms with van der Waals surface area (Å²) in [5, 5.41) is 3.01. The number of hydrogen-bond acceptors (Lipinski definition) is 2. The Morgan fingerprint density at radius 2 is 1.73 bits per heavy atom. The maximum atomic E-state index is 12.2. The summed E-state index contributed by atoms with van der Waals surface area (Å²) in [5.74, 6) is 0.481. The second kappa shape index (κ2) is 3.73. The molecule has 1 aliphatic heterocycles. The van der Waals surface area contributed by atoms with Crippen LogP contribution < -0.4 is 10.1 Å². The van der Waals surface area contributed by atoms with Crippen molar-refractivity contribution >= 4 is 0 Å². The lowest BCUT2D eigenvalue weighted by Crippen LogP contribution is -2.50. The highest BCUT2D eigenvalue weighted by molar-refractivity contribution is 5.29. The molecular weight excluding hydrogens is 207 g/mol. The molecule has 1 heterocycles. The molecule has 0 aliphatic carbocycles. The van der Waals surface area contributed by atoms with Gasteiger partial charge in [-0.2, -0.15) is 13.2 Å². The second-order valence-electron chi connectivity index (χ2n) is 3.42. The summed E-state index contributed by atoms with van der Waals surface area (Å²) in [6.07, 6.45) is -4.20. The van der Waals surface area contributed by atoms with Gasteiger partial charge in [-0.1, -0.05) is 0 Å². The van der Waals surface area contributed by atoms with E-state index in [0.717, 1.165) is 25.2 Å². The molecular formula is C10H10F3NO. The molecule has 5 heteroatoms. The largest absolute Gasteiger partial charge is 0.488 e. The molecule has 1 fully saturated rings. The van der Waals surface area contributed by atoms with Crippen molar-refractivity contribution in [3.8, 4) is 5.75 Å². The first-order chi connectivity index (χ1) is 7.05. The number of hydrogen-bond donors (Lipinski definition) is 1. The van der Waals surface area contributed by atoms with E-state index in [0.29, 0.717) is 5.75 Å². The first-order valence-corrected chi connectivity index (χ1v) is 4.60. The number of alkyl halides is 3. The summed E-state index contributed by atoms with van der Waals surface area (Å²) >= 11 is 0. The molecule has 0 aromatic heterocycles. The average molecular weight is 217 g/mol. The van der Waals surface area contributed by atoms with Crippen LogP contribution in [-0.4, -0.2) is 19.2 Å². The number of nitrogens with one attached hydrogen (secondary N) is 1. The topological polar surface area (TPSA) is 21.3 Å². The van der Waals surface area contributed by atoms with E-state index in [1.165, 1.54) is 12.1 Å². The fourth-order valence-electron chi connectivity index (χ4n) is 1.26. The van der Waals surface area contributed by atoms with Crippen molar-refractivity contribution in [1.29, 1.82) is 0 Å². The van der Waals surface area contributed by atoms with Crippen LogP contribution in [-0.2, 0) is 6.18 Å². The van der Waals surface area contributed by atoms with E-state index in [9.17, 15) is 13.2 Å². The van der Waals surface area contributed by atoms with Crippen molar-refractivity contribution in [2.75, 3.05) is 13.1 Å². The highest BCUT2D eigenvalue weighted by Crippen LogP contribution is 2.30. The molecule has 0 spiro atoms. The van der Waals surface area contributed by atoms with Crippen molar-refractivity contribution in [2.45, 2.75) is 12.3 Å². The highest BCUT2D eigenvalue weighted by Gasteiger charge is 2.30. The lowest BCUT2D eigenvalue weighted by Gasteiger charge is -2.27. The normalized spacial score (nSPS) is 17.3. The molecule has 0 saturated carbocycles. The van der Waals surface area contributed by atoms with Crippen molar-refractivity contribution in [2.24, 2.45) is 0 Å². The molecule has 1 aliphatic rings. The van der Waals surface area contributed by atoms with E-state index in [4.69, 9.17) is 4.74 Å². The minimum atomic E-state index is -4.28. The predicted octanol–water partition coefficient (Wildman–Crippen LogP) is 2.06. The molecule has 15 heavy (non-hydrogen) atoms. The fraction of sp³-hybridized carbons (Fsp3) is 0.400. The van der Waals surface area contributed by atoms with E-state index in [2.05, 4.69) is 5.32 Å². The zero-order valence-electron chi connectivity index (χ0n) is 7.84. The highest BCUT2D eigenvalue weighted by atomic mass is 19.4. The van der Waals surface area contributed by atoms with Crippen LogP contribution in [0, 0.1) is 0 Å². The Kier molecular flexibility index (Phi) is 2.56. The van der Waals surface area contributed by atoms with Crippen LogP contribution in [0.15, 0.2) is 24.3 Å². The van der Waals surface area contributed by atoms with E-state index in [-0.39, 0.29) is 6.10 Å². The standard InChI is InChI=1S/C10H10F3NO/c11-10(12,13)7-1-3-8(4-2-7)15-9-5-14-6-9/h1-4,9,14H,5-6H2. The van der Waals surface area contributed by atoms with Crippen LogP contribution in [0.4, 0.5) is 13.2 Å². The smallest absolute Gasteiger partial charge is 0.416 e. The Morgan fingerprint density at radius 1 is 1.13 bits per heavy atom. The van der Waals surface area contributed by atoms with Gasteiger partial charge in [-0.3, -0.25) is 0 Å². The van der Waals surface area contributed by atoms with Gasteiger partial charge in [0.25, 0.3) is 0 Å². The van der Waals surface area contributed by atoms with Gasteiger partial charge in [0, 0.05) is 13.1 Å². The third kappa shape index (κ3) is 2.41. The maximum absolute atomic E-state index is 12.2. The molecule has 1 N–H and O–H groups in total. The Bertz CT molecular complexity index is 330. The van der Waals surface area contributed by atoms with Crippen LogP contribution >= 0.6 is 0 Å². The summed E-state index contributed by atoms with van der Waals surface area (Å²) in [5.41, 5.74) is -0.651. The zero-order valence-corrected chi connectivity index (χ0v) is 7.84. The summed E-state index contributed by atoms with van der Waals surface area (Å²) < 4.78 is 42.0. The minimum Gasteiger partial charge on any atom is -0.488 e. The molecule has 2 nitrogen and oxygen atoms in total. The van der Waals surface area contributed by atoms with Crippen molar-refractivity contribution in [3.63, 3.8) is 0 Å². The van der Waals surface area contributed by atoms with Crippen LogP contribution in [0.5, 0.6) is 5.75 Å². The summed E-state index contributed by atoms with van der Waals surface area (Å²) in [6.45, 7) is 1.50. The minimum absolute atomic E-state index is 0.0849. The predicted molar refractivity (Wildman–Crippen MR) is 48.7 cm³/mol. The molecule has 1 saturated heterocycles. The molecule has 82 valence electrons. The van der Waals surface area contributed by atoms with Gasteiger partial charge in [-0.15, -0.1) is 0 Å². The SMILES string of the molecule is FC(F)(F)c1ccc(OC2CNC2)cc1. The van der Waals surface area contributed by atoms with E-state index in [1.807, 2.05) is 0 Å². The number of halogens is 3. The summed E-state index contributed by atoms with van der Waals surface area (Å²) in [6, 6.07) is 4.76. The van der Waals surface area contributed by atoms with Gasteiger partial charge in [-0.05, 0) is 24.3 Å². The average Bonchev–Trinajstić information content (AvgIpc) is 2.11. The summed E-state index contributed by atoms with van der Waals surface area (Å²) in [7, 11) is 0. The molecule has 1 aromatic rings.